The Morgan fingerprint density at radius 2 is 1.47 bits per heavy atom. The van der Waals surface area contributed by atoms with E-state index in [1.54, 1.807) is 42.1 Å². The second-order valence-corrected chi connectivity index (χ2v) is 14.1. The summed E-state index contributed by atoms with van der Waals surface area (Å²) in [6.07, 6.45) is 4.63. The van der Waals surface area contributed by atoms with Gasteiger partial charge in [0.2, 0.25) is 17.8 Å². The molecule has 59 heavy (non-hydrogen) atoms. The maximum atomic E-state index is 13.8. The number of nitrogens with one attached hydrogen (secondary N) is 2. The molecule has 2 aromatic carbocycles. The van der Waals surface area contributed by atoms with Crippen LogP contribution in [0.5, 0.6) is 11.5 Å². The van der Waals surface area contributed by atoms with Crippen molar-refractivity contribution in [2.45, 2.75) is 60.3 Å². The molecule has 0 spiro atoms. The van der Waals surface area contributed by atoms with Crippen LogP contribution in [0.1, 0.15) is 62.9 Å². The lowest BCUT2D eigenvalue weighted by atomic mass is 10.1. The van der Waals surface area contributed by atoms with Crippen LogP contribution in [0, 0.1) is 13.8 Å². The number of imidazole rings is 1. The third-order valence-electron chi connectivity index (χ3n) is 10.1. The highest BCUT2D eigenvalue weighted by Gasteiger charge is 2.23. The number of hydrogen-bond acceptors (Lipinski definition) is 10. The van der Waals surface area contributed by atoms with Gasteiger partial charge < -0.3 is 35.4 Å². The molecular weight excluding hydrogens is 753 g/mol. The van der Waals surface area contributed by atoms with Crippen molar-refractivity contribution in [3.63, 3.8) is 0 Å². The van der Waals surface area contributed by atoms with Crippen molar-refractivity contribution < 1.29 is 23.9 Å². The fourth-order valence-corrected chi connectivity index (χ4v) is 7.35. The Kier molecular flexibility index (Phi) is 11.5. The van der Waals surface area contributed by atoms with Gasteiger partial charge in [0.05, 0.1) is 47.5 Å². The van der Waals surface area contributed by atoms with Crippen LogP contribution in [0.15, 0.2) is 60.7 Å². The smallest absolute Gasteiger partial charge is 0.276 e. The average Bonchev–Trinajstić information content (AvgIpc) is 3.98. The molecule has 17 heteroatoms. The first-order valence-electron chi connectivity index (χ1n) is 19.4. The number of benzene rings is 2. The van der Waals surface area contributed by atoms with Crippen LogP contribution in [-0.2, 0) is 26.2 Å². The number of nitrogens with zero attached hydrogens (tertiary/aromatic N) is 8. The van der Waals surface area contributed by atoms with E-state index in [1.807, 2.05) is 78.9 Å². The molecule has 0 unspecified atom stereocenters. The van der Waals surface area contributed by atoms with Gasteiger partial charge in [-0.15, -0.1) is 0 Å². The summed E-state index contributed by atoms with van der Waals surface area (Å²) in [5, 5.41) is 16.7. The quantitative estimate of drug-likeness (QED) is 0.0717. The van der Waals surface area contributed by atoms with Crippen molar-refractivity contribution in [2.24, 2.45) is 11.5 Å². The number of fused-ring (bicyclic) bond motifs is 4. The van der Waals surface area contributed by atoms with Gasteiger partial charge in [-0.05, 0) is 96.2 Å². The van der Waals surface area contributed by atoms with Crippen molar-refractivity contribution in [1.82, 2.24) is 44.0 Å². The fourth-order valence-electron chi connectivity index (χ4n) is 7.35. The first-order chi connectivity index (χ1) is 28.5. The van der Waals surface area contributed by atoms with Crippen LogP contribution in [-0.4, -0.2) is 83.7 Å². The molecule has 7 aromatic rings. The largest absolute Gasteiger partial charge is 0.495 e. The SMILES string of the molecule is CCn1nc(C)cc1C(=O)Nc1nc2cc(C(N)=O)cc(OCCCNC)c2n1C/C=C/Cn1c2nc(-c3cc(C)nn3CC)ccc2c2cc(C(N)=O)cc(OC)c21. The minimum absolute atomic E-state index is 0.225. The summed E-state index contributed by atoms with van der Waals surface area (Å²) in [7, 11) is 3.41. The van der Waals surface area contributed by atoms with Gasteiger partial charge in [-0.25, -0.2) is 9.97 Å². The molecule has 3 amide bonds. The van der Waals surface area contributed by atoms with E-state index < -0.39 is 17.7 Å². The van der Waals surface area contributed by atoms with Crippen molar-refractivity contribution in [3.8, 4) is 22.9 Å². The summed E-state index contributed by atoms with van der Waals surface area (Å²) in [5.41, 5.74) is 18.0. The number of primary amides is 2. The highest BCUT2D eigenvalue weighted by molar-refractivity contribution is 6.12. The van der Waals surface area contributed by atoms with E-state index in [4.69, 9.17) is 30.9 Å². The van der Waals surface area contributed by atoms with Gasteiger partial charge in [0.25, 0.3) is 5.91 Å². The Morgan fingerprint density at radius 1 is 0.797 bits per heavy atom. The predicted octanol–water partition coefficient (Wildman–Crippen LogP) is 4.96. The molecule has 0 bridgehead atoms. The highest BCUT2D eigenvalue weighted by Crippen LogP contribution is 2.37. The summed E-state index contributed by atoms with van der Waals surface area (Å²) in [5.74, 6) is -0.491. The molecule has 6 N–H and O–H groups in total. The first-order valence-corrected chi connectivity index (χ1v) is 19.4. The normalized spacial score (nSPS) is 11.7. The van der Waals surface area contributed by atoms with E-state index in [1.165, 1.54) is 0 Å². The number of ether oxygens (including phenoxy) is 2. The standard InChI is InChI=1S/C42H48N12O5/c1-7-53-32(18-24(3)49-53)30-13-12-28-29-20-26(38(43)55)22-34(58-6)36(29)51(40(28)46-30)15-9-10-16-52-37-31(21-27(39(44)56)23-35(37)59-17-11-14-45-5)47-42(52)48-41(57)33-19-25(4)50-54(33)8-2/h9-10,12-13,18-23,45H,7-8,11,14-17H2,1-6H3,(H2,43,55)(H2,44,56)(H,47,48,57)/b10-9+. The van der Waals surface area contributed by atoms with Gasteiger partial charge in [0.1, 0.15) is 28.4 Å². The number of anilines is 1. The van der Waals surface area contributed by atoms with Crippen molar-refractivity contribution >= 4 is 56.6 Å². The number of nitrogens with two attached hydrogens (primary N) is 2. The molecule has 0 saturated carbocycles. The number of carbonyl (C=O) groups excluding carboxylic acids is 3. The third-order valence-corrected chi connectivity index (χ3v) is 10.1. The van der Waals surface area contributed by atoms with Crippen LogP contribution >= 0.6 is 0 Å². The molecule has 0 saturated heterocycles. The summed E-state index contributed by atoms with van der Waals surface area (Å²) in [6.45, 7) is 10.6. The van der Waals surface area contributed by atoms with E-state index in [2.05, 4.69) is 20.8 Å². The zero-order chi connectivity index (χ0) is 42.0. The molecule has 5 heterocycles. The predicted molar refractivity (Wildman–Crippen MR) is 226 cm³/mol. The molecular formula is C42H48N12O5. The van der Waals surface area contributed by atoms with E-state index in [9.17, 15) is 14.4 Å². The minimum atomic E-state index is -0.634. The van der Waals surface area contributed by atoms with Crippen LogP contribution in [0.3, 0.4) is 0 Å². The number of allylic oxidation sites excluding steroid dienone is 2. The maximum absolute atomic E-state index is 13.8. The Morgan fingerprint density at radius 3 is 2.17 bits per heavy atom. The van der Waals surface area contributed by atoms with Gasteiger partial charge in [0, 0.05) is 48.1 Å². The topological polar surface area (TPSA) is 217 Å². The van der Waals surface area contributed by atoms with Crippen molar-refractivity contribution in [1.29, 1.82) is 0 Å². The molecule has 0 aliphatic heterocycles. The van der Waals surface area contributed by atoms with Crippen LogP contribution in [0.2, 0.25) is 0 Å². The lowest BCUT2D eigenvalue weighted by Crippen LogP contribution is -2.20. The lowest BCUT2D eigenvalue weighted by molar-refractivity contribution is 0.0991. The van der Waals surface area contributed by atoms with Crippen molar-refractivity contribution in [3.05, 3.63) is 88.9 Å². The number of aromatic nitrogens is 8. The Balaban J connectivity index is 1.33. The summed E-state index contributed by atoms with van der Waals surface area (Å²) >= 11 is 0. The molecule has 0 radical (unpaired) electrons. The Labute approximate surface area is 340 Å². The molecule has 0 aliphatic rings. The molecule has 0 aliphatic carbocycles. The molecule has 17 nitrogen and oxygen atoms in total. The molecule has 5 aromatic heterocycles. The molecule has 7 rings (SSSR count). The van der Waals surface area contributed by atoms with E-state index in [0.717, 1.165) is 39.9 Å². The zero-order valence-electron chi connectivity index (χ0n) is 34.0. The minimum Gasteiger partial charge on any atom is -0.495 e. The van der Waals surface area contributed by atoms with E-state index in [-0.39, 0.29) is 18.1 Å². The molecule has 306 valence electrons. The lowest BCUT2D eigenvalue weighted by Gasteiger charge is -2.13. The summed E-state index contributed by atoms with van der Waals surface area (Å²) in [4.78, 5) is 48.5. The number of hydrogen-bond donors (Lipinski definition) is 4. The van der Waals surface area contributed by atoms with Crippen LogP contribution < -0.4 is 31.6 Å². The second-order valence-electron chi connectivity index (χ2n) is 14.1. The number of rotatable bonds is 17. The van der Waals surface area contributed by atoms with Gasteiger partial charge in [-0.2, -0.15) is 10.2 Å². The van der Waals surface area contributed by atoms with Gasteiger partial charge in [-0.3, -0.25) is 29.1 Å². The summed E-state index contributed by atoms with van der Waals surface area (Å²) < 4.78 is 19.5. The van der Waals surface area contributed by atoms with Gasteiger partial charge in [-0.1, -0.05) is 12.2 Å². The van der Waals surface area contributed by atoms with Crippen LogP contribution in [0.25, 0.3) is 44.4 Å². The highest BCUT2D eigenvalue weighted by atomic mass is 16.5. The third kappa shape index (κ3) is 7.83. The van der Waals surface area contributed by atoms with E-state index in [0.29, 0.717) is 77.8 Å². The van der Waals surface area contributed by atoms with Crippen LogP contribution in [0.4, 0.5) is 5.95 Å². The Bertz CT molecular complexity index is 2770. The number of aryl methyl sites for hydroxylation is 4. The van der Waals surface area contributed by atoms with Crippen molar-refractivity contribution in [2.75, 3.05) is 32.6 Å². The molecule has 0 fully saturated rings. The fraction of sp³-hybridized carbons (Fsp3) is 0.310. The first kappa shape index (κ1) is 40.2. The summed E-state index contributed by atoms with van der Waals surface area (Å²) in [6, 6.07) is 14.3. The molecule has 0 atom stereocenters. The zero-order valence-corrected chi connectivity index (χ0v) is 34.0. The van der Waals surface area contributed by atoms with Gasteiger partial charge in [0.15, 0.2) is 0 Å². The number of amides is 3. The van der Waals surface area contributed by atoms with Gasteiger partial charge >= 0.3 is 0 Å². The Hall–Kier alpha value is -7.01. The number of methoxy groups -OCH3 is 1. The average molecular weight is 801 g/mol. The monoisotopic (exact) mass is 800 g/mol. The maximum Gasteiger partial charge on any atom is 0.276 e. The number of pyridine rings is 1. The van der Waals surface area contributed by atoms with E-state index >= 15 is 0 Å². The number of carbonyl (C=O) groups is 3. The second kappa shape index (κ2) is 16.8.